The monoisotopic (exact) mass is 278 g/mol. The largest absolute Gasteiger partial charge is 0.508 e. The second kappa shape index (κ2) is 6.37. The number of aromatic hydroxyl groups is 1. The van der Waals surface area contributed by atoms with Crippen molar-refractivity contribution >= 4 is 28.7 Å². The van der Waals surface area contributed by atoms with Crippen LogP contribution in [-0.4, -0.2) is 10.2 Å². The first-order valence-corrected chi connectivity index (χ1v) is 6.85. The van der Waals surface area contributed by atoms with E-state index in [1.54, 1.807) is 23.5 Å². The van der Waals surface area contributed by atoms with Gasteiger partial charge in [0.15, 0.2) is 5.11 Å². The van der Waals surface area contributed by atoms with E-state index in [-0.39, 0.29) is 5.75 Å². The van der Waals surface area contributed by atoms with Crippen LogP contribution in [0.1, 0.15) is 10.4 Å². The second-order valence-corrected chi connectivity index (χ2v) is 5.22. The third-order valence-corrected chi connectivity index (χ3v) is 3.56. The smallest absolute Gasteiger partial charge is 0.166 e. The SMILES string of the molecule is Oc1ccc(CNC(=S)NCc2cccs2)cc1. The maximum absolute atomic E-state index is 9.17. The molecule has 0 spiro atoms. The average molecular weight is 278 g/mol. The molecule has 2 rings (SSSR count). The molecule has 0 radical (unpaired) electrons. The molecule has 0 unspecified atom stereocenters. The number of phenols is 1. The van der Waals surface area contributed by atoms with Crippen LogP contribution in [0, 0.1) is 0 Å². The van der Waals surface area contributed by atoms with Crippen LogP contribution in [0.2, 0.25) is 0 Å². The molecule has 0 fully saturated rings. The molecular formula is C13H14N2OS2. The van der Waals surface area contributed by atoms with Crippen LogP contribution in [0.5, 0.6) is 5.75 Å². The Labute approximate surface area is 115 Å². The summed E-state index contributed by atoms with van der Waals surface area (Å²) in [5.41, 5.74) is 1.08. The minimum absolute atomic E-state index is 0.275. The third-order valence-electron chi connectivity index (χ3n) is 2.39. The van der Waals surface area contributed by atoms with Crippen LogP contribution in [-0.2, 0) is 13.1 Å². The molecule has 1 heterocycles. The maximum Gasteiger partial charge on any atom is 0.166 e. The summed E-state index contributed by atoms with van der Waals surface area (Å²) in [7, 11) is 0. The van der Waals surface area contributed by atoms with Crippen molar-refractivity contribution in [3.63, 3.8) is 0 Å². The predicted octanol–water partition coefficient (Wildman–Crippen LogP) is 2.62. The van der Waals surface area contributed by atoms with Crippen molar-refractivity contribution in [3.05, 3.63) is 52.2 Å². The van der Waals surface area contributed by atoms with Crippen LogP contribution in [0.3, 0.4) is 0 Å². The quantitative estimate of drug-likeness (QED) is 0.752. The number of hydrogen-bond acceptors (Lipinski definition) is 3. The molecule has 1 aromatic carbocycles. The minimum Gasteiger partial charge on any atom is -0.508 e. The summed E-state index contributed by atoms with van der Waals surface area (Å²) in [5, 5.41) is 18.1. The minimum atomic E-state index is 0.275. The van der Waals surface area contributed by atoms with E-state index >= 15 is 0 Å². The van der Waals surface area contributed by atoms with E-state index in [0.717, 1.165) is 12.1 Å². The molecule has 5 heteroatoms. The normalized spacial score (nSPS) is 10.0. The van der Waals surface area contributed by atoms with Gasteiger partial charge in [0.2, 0.25) is 0 Å². The summed E-state index contributed by atoms with van der Waals surface area (Å²) in [6.45, 7) is 1.40. The first-order chi connectivity index (χ1) is 8.74. The van der Waals surface area contributed by atoms with Gasteiger partial charge in [0.1, 0.15) is 5.75 Å². The molecule has 0 atom stereocenters. The van der Waals surface area contributed by atoms with Crippen molar-refractivity contribution in [2.24, 2.45) is 0 Å². The second-order valence-electron chi connectivity index (χ2n) is 3.78. The number of hydrogen-bond donors (Lipinski definition) is 3. The van der Waals surface area contributed by atoms with E-state index < -0.39 is 0 Å². The first-order valence-electron chi connectivity index (χ1n) is 5.56. The van der Waals surface area contributed by atoms with E-state index in [9.17, 15) is 0 Å². The van der Waals surface area contributed by atoms with E-state index in [4.69, 9.17) is 17.3 Å². The van der Waals surface area contributed by atoms with Gasteiger partial charge in [-0.2, -0.15) is 0 Å². The van der Waals surface area contributed by atoms with Gasteiger partial charge < -0.3 is 15.7 Å². The zero-order chi connectivity index (χ0) is 12.8. The summed E-state index contributed by atoms with van der Waals surface area (Å²) < 4.78 is 0. The van der Waals surface area contributed by atoms with Crippen LogP contribution in [0.25, 0.3) is 0 Å². The molecule has 0 aliphatic heterocycles. The number of thiocarbonyl (C=S) groups is 1. The van der Waals surface area contributed by atoms with E-state index in [0.29, 0.717) is 11.7 Å². The molecule has 1 aromatic heterocycles. The Balaban J connectivity index is 1.73. The Hall–Kier alpha value is -1.59. The highest BCUT2D eigenvalue weighted by atomic mass is 32.1. The van der Waals surface area contributed by atoms with E-state index in [1.165, 1.54) is 4.88 Å². The average Bonchev–Trinajstić information content (AvgIpc) is 2.89. The number of phenolic OH excluding ortho intramolecular Hbond substituents is 1. The van der Waals surface area contributed by atoms with E-state index in [1.807, 2.05) is 23.6 Å². The number of thiophene rings is 1. The van der Waals surface area contributed by atoms with Gasteiger partial charge in [-0.25, -0.2) is 0 Å². The lowest BCUT2D eigenvalue weighted by Gasteiger charge is -2.09. The van der Waals surface area contributed by atoms with Crippen LogP contribution < -0.4 is 10.6 Å². The van der Waals surface area contributed by atoms with E-state index in [2.05, 4.69) is 16.7 Å². The molecule has 3 N–H and O–H groups in total. The van der Waals surface area contributed by atoms with Crippen molar-refractivity contribution < 1.29 is 5.11 Å². The fourth-order valence-electron chi connectivity index (χ4n) is 1.44. The molecule has 94 valence electrons. The van der Waals surface area contributed by atoms with Crippen molar-refractivity contribution in [1.29, 1.82) is 0 Å². The fourth-order valence-corrected chi connectivity index (χ4v) is 2.23. The van der Waals surface area contributed by atoms with Gasteiger partial charge in [0.25, 0.3) is 0 Å². The Bertz CT molecular complexity index is 494. The first kappa shape index (κ1) is 12.9. The van der Waals surface area contributed by atoms with Crippen molar-refractivity contribution in [2.45, 2.75) is 13.1 Å². The zero-order valence-electron chi connectivity index (χ0n) is 9.72. The molecule has 2 aromatic rings. The molecule has 0 bridgehead atoms. The summed E-state index contributed by atoms with van der Waals surface area (Å²) in [5.74, 6) is 0.275. The van der Waals surface area contributed by atoms with Crippen LogP contribution >= 0.6 is 23.6 Å². The Kier molecular flexibility index (Phi) is 4.55. The lowest BCUT2D eigenvalue weighted by molar-refractivity contribution is 0.475. The molecule has 0 aliphatic rings. The molecule has 0 saturated carbocycles. The highest BCUT2D eigenvalue weighted by Crippen LogP contribution is 2.09. The topological polar surface area (TPSA) is 44.3 Å². The maximum atomic E-state index is 9.17. The number of rotatable bonds is 4. The lowest BCUT2D eigenvalue weighted by Crippen LogP contribution is -2.34. The molecule has 0 amide bonds. The van der Waals surface area contributed by atoms with Gasteiger partial charge in [0.05, 0.1) is 6.54 Å². The van der Waals surface area contributed by atoms with Gasteiger partial charge in [-0.1, -0.05) is 18.2 Å². The predicted molar refractivity (Wildman–Crippen MR) is 78.7 cm³/mol. The number of nitrogens with one attached hydrogen (secondary N) is 2. The van der Waals surface area contributed by atoms with Gasteiger partial charge in [-0.05, 0) is 41.4 Å². The number of benzene rings is 1. The van der Waals surface area contributed by atoms with Gasteiger partial charge in [-0.3, -0.25) is 0 Å². The summed E-state index contributed by atoms with van der Waals surface area (Å²) in [4.78, 5) is 1.25. The van der Waals surface area contributed by atoms with Crippen LogP contribution in [0.15, 0.2) is 41.8 Å². The van der Waals surface area contributed by atoms with Crippen molar-refractivity contribution in [3.8, 4) is 5.75 Å². The Morgan fingerprint density at radius 1 is 1.11 bits per heavy atom. The Morgan fingerprint density at radius 2 is 1.83 bits per heavy atom. The Morgan fingerprint density at radius 3 is 2.50 bits per heavy atom. The molecule has 0 aliphatic carbocycles. The zero-order valence-corrected chi connectivity index (χ0v) is 11.4. The molecule has 18 heavy (non-hydrogen) atoms. The van der Waals surface area contributed by atoms with Crippen molar-refractivity contribution in [2.75, 3.05) is 0 Å². The summed E-state index contributed by atoms with van der Waals surface area (Å²) in [6.07, 6.45) is 0. The molecule has 0 saturated heterocycles. The highest BCUT2D eigenvalue weighted by molar-refractivity contribution is 7.80. The highest BCUT2D eigenvalue weighted by Gasteiger charge is 1.98. The van der Waals surface area contributed by atoms with Gasteiger partial charge in [-0.15, -0.1) is 11.3 Å². The van der Waals surface area contributed by atoms with Crippen LogP contribution in [0.4, 0.5) is 0 Å². The lowest BCUT2D eigenvalue weighted by atomic mass is 10.2. The third kappa shape index (κ3) is 4.01. The van der Waals surface area contributed by atoms with Gasteiger partial charge >= 0.3 is 0 Å². The summed E-state index contributed by atoms with van der Waals surface area (Å²) >= 11 is 6.89. The van der Waals surface area contributed by atoms with Crippen molar-refractivity contribution in [1.82, 2.24) is 10.6 Å². The fraction of sp³-hybridized carbons (Fsp3) is 0.154. The standard InChI is InChI=1S/C13H14N2OS2/c16-11-5-3-10(4-6-11)8-14-13(17)15-9-12-2-1-7-18-12/h1-7,16H,8-9H2,(H2,14,15,17). The molecular weight excluding hydrogens is 264 g/mol. The summed E-state index contributed by atoms with van der Waals surface area (Å²) in [6, 6.07) is 11.2. The van der Waals surface area contributed by atoms with Gasteiger partial charge in [0, 0.05) is 11.4 Å². The molecule has 3 nitrogen and oxygen atoms in total.